The van der Waals surface area contributed by atoms with Gasteiger partial charge in [0.2, 0.25) is 0 Å². The Morgan fingerprint density at radius 2 is 2.19 bits per heavy atom. The van der Waals surface area contributed by atoms with Crippen molar-refractivity contribution < 1.29 is 9.13 Å². The van der Waals surface area contributed by atoms with E-state index in [1.54, 1.807) is 13.2 Å². The first-order valence-corrected chi connectivity index (χ1v) is 7.13. The highest BCUT2D eigenvalue weighted by molar-refractivity contribution is 5.36. The summed E-state index contributed by atoms with van der Waals surface area (Å²) >= 11 is 0. The molecule has 0 spiro atoms. The summed E-state index contributed by atoms with van der Waals surface area (Å²) in [6, 6.07) is 4.57. The molecule has 5 heteroatoms. The number of aryl methyl sites for hydroxylation is 2. The van der Waals surface area contributed by atoms with Gasteiger partial charge >= 0.3 is 0 Å². The fourth-order valence-corrected chi connectivity index (χ4v) is 2.45. The molecule has 0 saturated heterocycles. The molecule has 0 fully saturated rings. The molecular weight excluding hydrogens is 269 g/mol. The van der Waals surface area contributed by atoms with Gasteiger partial charge in [-0.25, -0.2) is 4.39 Å². The highest BCUT2D eigenvalue weighted by Crippen LogP contribution is 2.26. The van der Waals surface area contributed by atoms with Crippen molar-refractivity contribution in [1.82, 2.24) is 15.1 Å². The number of benzene rings is 1. The van der Waals surface area contributed by atoms with Crippen molar-refractivity contribution in [2.45, 2.75) is 32.9 Å². The lowest BCUT2D eigenvalue weighted by molar-refractivity contribution is 0.399. The van der Waals surface area contributed by atoms with Crippen molar-refractivity contribution in [3.63, 3.8) is 0 Å². The van der Waals surface area contributed by atoms with Gasteiger partial charge in [0.1, 0.15) is 11.6 Å². The number of halogens is 1. The van der Waals surface area contributed by atoms with Crippen molar-refractivity contribution >= 4 is 0 Å². The van der Waals surface area contributed by atoms with Crippen LogP contribution in [0.2, 0.25) is 0 Å². The number of nitrogens with one attached hydrogen (secondary N) is 1. The summed E-state index contributed by atoms with van der Waals surface area (Å²) < 4.78 is 20.6. The van der Waals surface area contributed by atoms with Crippen molar-refractivity contribution in [2.24, 2.45) is 7.05 Å². The standard InChI is InChI=1S/C16H22FN3O/c1-5-15-12(10-20(3)19-15)9-18-11(2)14-8-13(17)6-7-16(14)21-4/h6-8,10-11,18H,5,9H2,1-4H3. The Balaban J connectivity index is 2.11. The van der Waals surface area contributed by atoms with E-state index in [0.29, 0.717) is 12.3 Å². The molecule has 114 valence electrons. The maximum Gasteiger partial charge on any atom is 0.123 e. The SMILES string of the molecule is CCc1nn(C)cc1CNC(C)c1cc(F)ccc1OC. The quantitative estimate of drug-likeness (QED) is 0.889. The molecule has 0 aliphatic heterocycles. The van der Waals surface area contributed by atoms with Crippen molar-refractivity contribution in [1.29, 1.82) is 0 Å². The number of rotatable bonds is 6. The molecule has 1 aromatic heterocycles. The van der Waals surface area contributed by atoms with Crippen LogP contribution in [-0.4, -0.2) is 16.9 Å². The average Bonchev–Trinajstić information content (AvgIpc) is 2.84. The summed E-state index contributed by atoms with van der Waals surface area (Å²) in [5.74, 6) is 0.438. The number of ether oxygens (including phenoxy) is 1. The minimum absolute atomic E-state index is 0.0134. The number of aromatic nitrogens is 2. The number of hydrogen-bond acceptors (Lipinski definition) is 3. The van der Waals surface area contributed by atoms with Gasteiger partial charge in [0.15, 0.2) is 0 Å². The van der Waals surface area contributed by atoms with E-state index in [2.05, 4.69) is 17.3 Å². The molecule has 2 aromatic rings. The third-order valence-electron chi connectivity index (χ3n) is 3.58. The lowest BCUT2D eigenvalue weighted by Crippen LogP contribution is -2.19. The molecule has 4 nitrogen and oxygen atoms in total. The van der Waals surface area contributed by atoms with Gasteiger partial charge < -0.3 is 10.1 Å². The largest absolute Gasteiger partial charge is 0.496 e. The molecule has 1 aromatic carbocycles. The summed E-state index contributed by atoms with van der Waals surface area (Å²) in [6.45, 7) is 4.78. The second-order valence-electron chi connectivity index (χ2n) is 5.12. The highest BCUT2D eigenvalue weighted by atomic mass is 19.1. The maximum absolute atomic E-state index is 13.4. The third-order valence-corrected chi connectivity index (χ3v) is 3.58. The lowest BCUT2D eigenvalue weighted by atomic mass is 10.1. The summed E-state index contributed by atoms with van der Waals surface area (Å²) in [7, 11) is 3.52. The molecule has 0 amide bonds. The molecule has 0 saturated carbocycles. The number of methoxy groups -OCH3 is 1. The zero-order valence-corrected chi connectivity index (χ0v) is 13.0. The molecule has 21 heavy (non-hydrogen) atoms. The minimum atomic E-state index is -0.255. The molecular formula is C16H22FN3O. The molecule has 0 aliphatic rings. The van der Waals surface area contributed by atoms with E-state index < -0.39 is 0 Å². The third kappa shape index (κ3) is 3.61. The topological polar surface area (TPSA) is 39.1 Å². The molecule has 2 rings (SSSR count). The zero-order valence-electron chi connectivity index (χ0n) is 13.0. The molecule has 1 atom stereocenters. The van der Waals surface area contributed by atoms with Crippen LogP contribution in [0.5, 0.6) is 5.75 Å². The first-order valence-electron chi connectivity index (χ1n) is 7.13. The molecule has 1 unspecified atom stereocenters. The van der Waals surface area contributed by atoms with Crippen LogP contribution in [0.4, 0.5) is 4.39 Å². The van der Waals surface area contributed by atoms with E-state index in [0.717, 1.165) is 17.7 Å². The molecule has 0 bridgehead atoms. The van der Waals surface area contributed by atoms with E-state index in [9.17, 15) is 4.39 Å². The van der Waals surface area contributed by atoms with Crippen molar-refractivity contribution in [2.75, 3.05) is 7.11 Å². The smallest absolute Gasteiger partial charge is 0.123 e. The Labute approximate surface area is 124 Å². The Bertz CT molecular complexity index is 610. The van der Waals surface area contributed by atoms with Crippen LogP contribution in [0.1, 0.15) is 36.7 Å². The Morgan fingerprint density at radius 3 is 2.86 bits per heavy atom. The van der Waals surface area contributed by atoms with Crippen LogP contribution < -0.4 is 10.1 Å². The van der Waals surface area contributed by atoms with Gasteiger partial charge in [-0.05, 0) is 31.5 Å². The van der Waals surface area contributed by atoms with Gasteiger partial charge in [0, 0.05) is 37.0 Å². The number of nitrogens with zero attached hydrogens (tertiary/aromatic N) is 2. The van der Waals surface area contributed by atoms with Crippen LogP contribution in [0.25, 0.3) is 0 Å². The van der Waals surface area contributed by atoms with E-state index in [4.69, 9.17) is 4.74 Å². The van der Waals surface area contributed by atoms with Gasteiger partial charge in [-0.15, -0.1) is 0 Å². The fraction of sp³-hybridized carbons (Fsp3) is 0.438. The maximum atomic E-state index is 13.4. The highest BCUT2D eigenvalue weighted by Gasteiger charge is 2.13. The molecule has 0 radical (unpaired) electrons. The van der Waals surface area contributed by atoms with Gasteiger partial charge in [-0.2, -0.15) is 5.10 Å². The van der Waals surface area contributed by atoms with Crippen LogP contribution in [0.3, 0.4) is 0 Å². The normalized spacial score (nSPS) is 12.4. The summed E-state index contributed by atoms with van der Waals surface area (Å²) in [6.07, 6.45) is 2.91. The van der Waals surface area contributed by atoms with Crippen LogP contribution in [-0.2, 0) is 20.0 Å². The van der Waals surface area contributed by atoms with E-state index >= 15 is 0 Å². The summed E-state index contributed by atoms with van der Waals surface area (Å²) in [5, 5.41) is 7.82. The van der Waals surface area contributed by atoms with Crippen LogP contribution in [0.15, 0.2) is 24.4 Å². The van der Waals surface area contributed by atoms with E-state index in [-0.39, 0.29) is 11.9 Å². The Hall–Kier alpha value is -1.88. The zero-order chi connectivity index (χ0) is 15.4. The predicted octanol–water partition coefficient (Wildman–Crippen LogP) is 2.98. The fourth-order valence-electron chi connectivity index (χ4n) is 2.45. The first-order chi connectivity index (χ1) is 10.0. The lowest BCUT2D eigenvalue weighted by Gasteiger charge is -2.17. The van der Waals surface area contributed by atoms with Gasteiger partial charge in [0.05, 0.1) is 12.8 Å². The van der Waals surface area contributed by atoms with Crippen molar-refractivity contribution in [3.05, 3.63) is 47.0 Å². The minimum Gasteiger partial charge on any atom is -0.496 e. The van der Waals surface area contributed by atoms with Gasteiger partial charge in [-0.1, -0.05) is 6.92 Å². The summed E-state index contributed by atoms with van der Waals surface area (Å²) in [4.78, 5) is 0. The second-order valence-corrected chi connectivity index (χ2v) is 5.12. The first kappa shape index (κ1) is 15.5. The summed E-state index contributed by atoms with van der Waals surface area (Å²) in [5.41, 5.74) is 3.07. The van der Waals surface area contributed by atoms with E-state index in [1.807, 2.05) is 24.9 Å². The average molecular weight is 291 g/mol. The van der Waals surface area contributed by atoms with Crippen LogP contribution >= 0.6 is 0 Å². The van der Waals surface area contributed by atoms with Gasteiger partial charge in [0.25, 0.3) is 0 Å². The number of hydrogen-bond donors (Lipinski definition) is 1. The second kappa shape index (κ2) is 6.72. The van der Waals surface area contributed by atoms with Gasteiger partial charge in [-0.3, -0.25) is 4.68 Å². The van der Waals surface area contributed by atoms with E-state index in [1.165, 1.54) is 17.7 Å². The van der Waals surface area contributed by atoms with Crippen LogP contribution in [0, 0.1) is 5.82 Å². The molecule has 1 heterocycles. The molecule has 1 N–H and O–H groups in total. The molecule has 0 aliphatic carbocycles. The monoisotopic (exact) mass is 291 g/mol. The van der Waals surface area contributed by atoms with Crippen molar-refractivity contribution in [3.8, 4) is 5.75 Å². The Morgan fingerprint density at radius 1 is 1.43 bits per heavy atom. The predicted molar refractivity (Wildman–Crippen MR) is 80.8 cm³/mol. The Kier molecular flexibility index (Phi) is 4.96.